The van der Waals surface area contributed by atoms with Crippen LogP contribution in [0.3, 0.4) is 0 Å². The van der Waals surface area contributed by atoms with Crippen LogP contribution in [-0.2, 0) is 16.0 Å². The fraction of sp³-hybridized carbons (Fsp3) is 0.400. The van der Waals surface area contributed by atoms with Crippen molar-refractivity contribution in [3.05, 3.63) is 41.5 Å². The molecule has 92 valence electrons. The monoisotopic (exact) mass is 232 g/mol. The second-order valence-electron chi connectivity index (χ2n) is 3.83. The normalized spacial score (nSPS) is 11.4. The third-order valence-electron chi connectivity index (χ3n) is 2.69. The minimum absolute atomic E-state index is 0.260. The maximum Gasteiger partial charge on any atom is 0.331 e. The molecule has 0 N–H and O–H groups in total. The van der Waals surface area contributed by atoms with Crippen LogP contribution in [0.2, 0.25) is 0 Å². The molecule has 0 amide bonds. The van der Waals surface area contributed by atoms with Crippen LogP contribution in [0.5, 0.6) is 0 Å². The van der Waals surface area contributed by atoms with Crippen molar-refractivity contribution in [2.45, 2.75) is 33.6 Å². The van der Waals surface area contributed by atoms with E-state index in [2.05, 4.69) is 31.2 Å². The van der Waals surface area contributed by atoms with E-state index in [0.717, 1.165) is 24.0 Å². The lowest BCUT2D eigenvalue weighted by molar-refractivity contribution is -0.137. The summed E-state index contributed by atoms with van der Waals surface area (Å²) in [4.78, 5) is 11.4. The molecule has 0 unspecified atom stereocenters. The van der Waals surface area contributed by atoms with Gasteiger partial charge in [0.15, 0.2) is 0 Å². The van der Waals surface area contributed by atoms with Gasteiger partial charge in [-0.15, -0.1) is 0 Å². The Morgan fingerprint density at radius 3 is 2.29 bits per heavy atom. The molecule has 1 aromatic rings. The zero-order valence-corrected chi connectivity index (χ0v) is 10.8. The molecule has 0 spiro atoms. The molecule has 0 aliphatic heterocycles. The van der Waals surface area contributed by atoms with Crippen molar-refractivity contribution in [3.63, 3.8) is 0 Å². The van der Waals surface area contributed by atoms with Crippen LogP contribution in [0.15, 0.2) is 30.3 Å². The Morgan fingerprint density at radius 2 is 1.82 bits per heavy atom. The fourth-order valence-corrected chi connectivity index (χ4v) is 1.67. The number of hydrogen-bond acceptors (Lipinski definition) is 2. The standard InChI is InChI=1S/C15H20O2/c1-4-12-7-9-14(10-8-12)13(5-2)11-15(16)17-6-3/h7-11H,4-6H2,1-3H3. The molecule has 0 atom stereocenters. The Balaban J connectivity index is 2.89. The van der Waals surface area contributed by atoms with E-state index >= 15 is 0 Å². The van der Waals surface area contributed by atoms with Gasteiger partial charge in [-0.2, -0.15) is 0 Å². The molecule has 0 bridgehead atoms. The lowest BCUT2D eigenvalue weighted by Gasteiger charge is -2.06. The first-order chi connectivity index (χ1) is 8.21. The molecule has 0 saturated heterocycles. The van der Waals surface area contributed by atoms with E-state index in [1.54, 1.807) is 6.08 Å². The first kappa shape index (κ1) is 13.5. The van der Waals surface area contributed by atoms with E-state index in [0.29, 0.717) is 6.61 Å². The smallest absolute Gasteiger partial charge is 0.331 e. The summed E-state index contributed by atoms with van der Waals surface area (Å²) in [5.74, 6) is -0.260. The highest BCUT2D eigenvalue weighted by Crippen LogP contribution is 2.18. The summed E-state index contributed by atoms with van der Waals surface area (Å²) >= 11 is 0. The van der Waals surface area contributed by atoms with E-state index in [1.165, 1.54) is 5.56 Å². The predicted molar refractivity (Wildman–Crippen MR) is 70.7 cm³/mol. The van der Waals surface area contributed by atoms with Crippen LogP contribution in [-0.4, -0.2) is 12.6 Å². The van der Waals surface area contributed by atoms with Crippen LogP contribution in [0.1, 0.15) is 38.3 Å². The fourth-order valence-electron chi connectivity index (χ4n) is 1.67. The number of carbonyl (C=O) groups is 1. The summed E-state index contributed by atoms with van der Waals surface area (Å²) in [6, 6.07) is 8.33. The third-order valence-corrected chi connectivity index (χ3v) is 2.69. The van der Waals surface area contributed by atoms with Crippen molar-refractivity contribution >= 4 is 11.5 Å². The van der Waals surface area contributed by atoms with Gasteiger partial charge in [0.25, 0.3) is 0 Å². The van der Waals surface area contributed by atoms with Crippen LogP contribution in [0, 0.1) is 0 Å². The molecule has 0 fully saturated rings. The summed E-state index contributed by atoms with van der Waals surface area (Å²) in [5.41, 5.74) is 3.42. The van der Waals surface area contributed by atoms with Gasteiger partial charge in [0.2, 0.25) is 0 Å². The van der Waals surface area contributed by atoms with Crippen molar-refractivity contribution in [2.75, 3.05) is 6.61 Å². The number of esters is 1. The second-order valence-corrected chi connectivity index (χ2v) is 3.83. The van der Waals surface area contributed by atoms with E-state index in [4.69, 9.17) is 4.74 Å². The van der Waals surface area contributed by atoms with Gasteiger partial charge in [0.1, 0.15) is 0 Å². The molecule has 0 aliphatic rings. The summed E-state index contributed by atoms with van der Waals surface area (Å²) in [5, 5.41) is 0. The topological polar surface area (TPSA) is 26.3 Å². The Kier molecular flexibility index (Phi) is 5.47. The Labute approximate surface area is 103 Å². The quantitative estimate of drug-likeness (QED) is 0.572. The number of rotatable bonds is 5. The van der Waals surface area contributed by atoms with Gasteiger partial charge in [0.05, 0.1) is 6.61 Å². The number of aryl methyl sites for hydroxylation is 1. The summed E-state index contributed by atoms with van der Waals surface area (Å²) in [6.45, 7) is 6.40. The first-order valence-corrected chi connectivity index (χ1v) is 6.17. The molecule has 2 nitrogen and oxygen atoms in total. The Hall–Kier alpha value is -1.57. The minimum Gasteiger partial charge on any atom is -0.463 e. The molecule has 17 heavy (non-hydrogen) atoms. The molecule has 0 aliphatic carbocycles. The number of hydrogen-bond donors (Lipinski definition) is 0. The number of allylic oxidation sites excluding steroid dienone is 1. The minimum atomic E-state index is -0.260. The SMILES string of the molecule is CCOC(=O)C=C(CC)c1ccc(CC)cc1. The van der Waals surface area contributed by atoms with Crippen molar-refractivity contribution in [2.24, 2.45) is 0 Å². The molecule has 0 aromatic heterocycles. The van der Waals surface area contributed by atoms with E-state index < -0.39 is 0 Å². The van der Waals surface area contributed by atoms with E-state index in [9.17, 15) is 4.79 Å². The van der Waals surface area contributed by atoms with Crippen molar-refractivity contribution in [3.8, 4) is 0 Å². The summed E-state index contributed by atoms with van der Waals surface area (Å²) < 4.78 is 4.93. The van der Waals surface area contributed by atoms with Gasteiger partial charge >= 0.3 is 5.97 Å². The van der Waals surface area contributed by atoms with Crippen molar-refractivity contribution in [1.29, 1.82) is 0 Å². The van der Waals surface area contributed by atoms with Crippen molar-refractivity contribution < 1.29 is 9.53 Å². The second kappa shape index (κ2) is 6.89. The van der Waals surface area contributed by atoms with Crippen LogP contribution >= 0.6 is 0 Å². The predicted octanol–water partition coefficient (Wildman–Crippen LogP) is 3.61. The van der Waals surface area contributed by atoms with Crippen LogP contribution in [0.4, 0.5) is 0 Å². The maximum atomic E-state index is 11.4. The molecule has 2 heteroatoms. The molecular weight excluding hydrogens is 212 g/mol. The summed E-state index contributed by atoms with van der Waals surface area (Å²) in [7, 11) is 0. The highest BCUT2D eigenvalue weighted by molar-refractivity contribution is 5.91. The Bertz CT molecular complexity index is 388. The van der Waals surface area contributed by atoms with E-state index in [-0.39, 0.29) is 5.97 Å². The lowest BCUT2D eigenvalue weighted by atomic mass is 10.0. The van der Waals surface area contributed by atoms with Gasteiger partial charge in [0, 0.05) is 6.08 Å². The molecule has 0 radical (unpaired) electrons. The highest BCUT2D eigenvalue weighted by Gasteiger charge is 2.03. The van der Waals surface area contributed by atoms with Gasteiger partial charge < -0.3 is 4.74 Å². The number of ether oxygens (including phenoxy) is 1. The molecule has 0 heterocycles. The third kappa shape index (κ3) is 4.06. The molecule has 1 aromatic carbocycles. The van der Waals surface area contributed by atoms with Gasteiger partial charge in [-0.1, -0.05) is 38.1 Å². The van der Waals surface area contributed by atoms with Crippen molar-refractivity contribution in [1.82, 2.24) is 0 Å². The first-order valence-electron chi connectivity index (χ1n) is 6.17. The molecule has 1 rings (SSSR count). The average Bonchev–Trinajstić information content (AvgIpc) is 2.36. The largest absolute Gasteiger partial charge is 0.463 e. The van der Waals surface area contributed by atoms with Gasteiger partial charge in [-0.3, -0.25) is 0 Å². The lowest BCUT2D eigenvalue weighted by Crippen LogP contribution is -2.00. The highest BCUT2D eigenvalue weighted by atomic mass is 16.5. The van der Waals surface area contributed by atoms with E-state index in [1.807, 2.05) is 13.8 Å². The average molecular weight is 232 g/mol. The molecule has 0 saturated carbocycles. The molecular formula is C15H20O2. The zero-order chi connectivity index (χ0) is 12.7. The Morgan fingerprint density at radius 1 is 1.18 bits per heavy atom. The zero-order valence-electron chi connectivity index (χ0n) is 10.8. The number of benzene rings is 1. The van der Waals surface area contributed by atoms with Gasteiger partial charge in [-0.05, 0) is 36.5 Å². The number of carbonyl (C=O) groups excluding carboxylic acids is 1. The maximum absolute atomic E-state index is 11.4. The van der Waals surface area contributed by atoms with Gasteiger partial charge in [-0.25, -0.2) is 4.79 Å². The van der Waals surface area contributed by atoms with Crippen LogP contribution < -0.4 is 0 Å². The summed E-state index contributed by atoms with van der Waals surface area (Å²) in [6.07, 6.45) is 3.44. The van der Waals surface area contributed by atoms with Crippen LogP contribution in [0.25, 0.3) is 5.57 Å².